The van der Waals surface area contributed by atoms with Gasteiger partial charge in [0.1, 0.15) is 0 Å². The Morgan fingerprint density at radius 3 is 3.26 bits per heavy atom. The number of fused-ring (bicyclic) bond motifs is 1. The van der Waals surface area contributed by atoms with Crippen molar-refractivity contribution >= 4 is 22.2 Å². The number of nitrogens with zero attached hydrogens (tertiary/aromatic N) is 2. The van der Waals surface area contributed by atoms with Crippen molar-refractivity contribution in [3.63, 3.8) is 0 Å². The van der Waals surface area contributed by atoms with E-state index >= 15 is 0 Å². The van der Waals surface area contributed by atoms with Gasteiger partial charge < -0.3 is 9.72 Å². The maximum absolute atomic E-state index is 5.84. The summed E-state index contributed by atoms with van der Waals surface area (Å²) in [6, 6.07) is 8.84. The van der Waals surface area contributed by atoms with Gasteiger partial charge >= 0.3 is 0 Å². The number of rotatable bonds is 4. The molecular formula is C18H21N3OS. The summed E-state index contributed by atoms with van der Waals surface area (Å²) in [7, 11) is 0. The summed E-state index contributed by atoms with van der Waals surface area (Å²) in [5, 5.41) is 1.29. The molecule has 0 saturated carbocycles. The molecule has 1 aliphatic heterocycles. The van der Waals surface area contributed by atoms with Gasteiger partial charge in [-0.1, -0.05) is 6.07 Å². The predicted octanol–water partition coefficient (Wildman–Crippen LogP) is 3.32. The van der Waals surface area contributed by atoms with Gasteiger partial charge in [-0.05, 0) is 41.5 Å². The maximum atomic E-state index is 5.84. The third-order valence-corrected chi connectivity index (χ3v) is 5.19. The van der Waals surface area contributed by atoms with Gasteiger partial charge in [0.25, 0.3) is 0 Å². The lowest BCUT2D eigenvalue weighted by atomic mass is 9.98. The van der Waals surface area contributed by atoms with Crippen molar-refractivity contribution in [1.82, 2.24) is 14.9 Å². The molecule has 1 N–H and O–H groups in total. The van der Waals surface area contributed by atoms with E-state index < -0.39 is 0 Å². The first-order chi connectivity index (χ1) is 11.4. The highest BCUT2D eigenvalue weighted by Crippen LogP contribution is 2.20. The highest BCUT2D eigenvalue weighted by atomic mass is 32.1. The van der Waals surface area contributed by atoms with Crippen LogP contribution >= 0.6 is 11.3 Å². The number of hydrogen-bond donors (Lipinski definition) is 1. The largest absolute Gasteiger partial charge is 0.380 e. The van der Waals surface area contributed by atoms with Gasteiger partial charge in [0.2, 0.25) is 0 Å². The van der Waals surface area contributed by atoms with Gasteiger partial charge in [-0.2, -0.15) is 0 Å². The SMILES string of the molecule is c1cc2cc(CC3COCCN(Cc4cncs4)C3)ccc2[nH]1. The minimum Gasteiger partial charge on any atom is -0.380 e. The number of ether oxygens (including phenoxy) is 1. The average molecular weight is 327 g/mol. The Labute approximate surface area is 140 Å². The molecule has 3 heterocycles. The molecular weight excluding hydrogens is 306 g/mol. The van der Waals surface area contributed by atoms with Crippen molar-refractivity contribution in [3.05, 3.63) is 52.6 Å². The van der Waals surface area contributed by atoms with Gasteiger partial charge in [-0.25, -0.2) is 0 Å². The molecule has 4 rings (SSSR count). The Hall–Kier alpha value is -1.69. The van der Waals surface area contributed by atoms with E-state index in [-0.39, 0.29) is 0 Å². The Kier molecular flexibility index (Phi) is 4.41. The van der Waals surface area contributed by atoms with Crippen LogP contribution in [0.2, 0.25) is 0 Å². The zero-order valence-corrected chi connectivity index (χ0v) is 13.9. The molecule has 0 spiro atoms. The minimum atomic E-state index is 0.543. The first-order valence-corrected chi connectivity index (χ1v) is 8.98. The van der Waals surface area contributed by atoms with E-state index in [1.54, 1.807) is 11.3 Å². The van der Waals surface area contributed by atoms with E-state index in [1.165, 1.54) is 21.3 Å². The quantitative estimate of drug-likeness (QED) is 0.799. The molecule has 0 bridgehead atoms. The van der Waals surface area contributed by atoms with E-state index in [4.69, 9.17) is 4.74 Å². The Morgan fingerprint density at radius 1 is 1.35 bits per heavy atom. The maximum Gasteiger partial charge on any atom is 0.0794 e. The second kappa shape index (κ2) is 6.83. The van der Waals surface area contributed by atoms with Gasteiger partial charge in [0.15, 0.2) is 0 Å². The molecule has 5 heteroatoms. The summed E-state index contributed by atoms with van der Waals surface area (Å²) in [5.41, 5.74) is 4.51. The molecule has 3 aromatic rings. The third-order valence-electron chi connectivity index (χ3n) is 4.43. The summed E-state index contributed by atoms with van der Waals surface area (Å²) in [6.45, 7) is 4.76. The summed E-state index contributed by atoms with van der Waals surface area (Å²) in [4.78, 5) is 11.3. The van der Waals surface area contributed by atoms with Crippen molar-refractivity contribution in [2.24, 2.45) is 5.92 Å². The van der Waals surface area contributed by atoms with Gasteiger partial charge in [-0.3, -0.25) is 9.88 Å². The molecule has 4 nitrogen and oxygen atoms in total. The van der Waals surface area contributed by atoms with Crippen molar-refractivity contribution in [1.29, 1.82) is 0 Å². The lowest BCUT2D eigenvalue weighted by molar-refractivity contribution is 0.122. The number of thiazole rings is 1. The molecule has 1 unspecified atom stereocenters. The van der Waals surface area contributed by atoms with Crippen LogP contribution in [0.15, 0.2) is 42.2 Å². The molecule has 1 fully saturated rings. The van der Waals surface area contributed by atoms with Crippen LogP contribution in [0.4, 0.5) is 0 Å². The molecule has 1 saturated heterocycles. The fraction of sp³-hybridized carbons (Fsp3) is 0.389. The number of aromatic nitrogens is 2. The normalized spacial score (nSPS) is 19.9. The van der Waals surface area contributed by atoms with Crippen molar-refractivity contribution in [2.45, 2.75) is 13.0 Å². The smallest absolute Gasteiger partial charge is 0.0794 e. The molecule has 2 aromatic heterocycles. The number of benzene rings is 1. The number of aromatic amines is 1. The molecule has 120 valence electrons. The van der Waals surface area contributed by atoms with Crippen molar-refractivity contribution in [2.75, 3.05) is 26.3 Å². The molecule has 23 heavy (non-hydrogen) atoms. The van der Waals surface area contributed by atoms with Crippen LogP contribution in [0.3, 0.4) is 0 Å². The van der Waals surface area contributed by atoms with Crippen LogP contribution in [-0.4, -0.2) is 41.2 Å². The summed E-state index contributed by atoms with van der Waals surface area (Å²) in [5.74, 6) is 0.543. The summed E-state index contributed by atoms with van der Waals surface area (Å²) >= 11 is 1.73. The fourth-order valence-corrected chi connectivity index (χ4v) is 3.96. The minimum absolute atomic E-state index is 0.543. The van der Waals surface area contributed by atoms with E-state index in [0.717, 1.165) is 39.3 Å². The van der Waals surface area contributed by atoms with E-state index in [0.29, 0.717) is 5.92 Å². The monoisotopic (exact) mass is 327 g/mol. The van der Waals surface area contributed by atoms with Crippen LogP contribution in [0.25, 0.3) is 10.9 Å². The number of nitrogens with one attached hydrogen (secondary N) is 1. The first kappa shape index (κ1) is 14.9. The van der Waals surface area contributed by atoms with Crippen LogP contribution in [-0.2, 0) is 17.7 Å². The van der Waals surface area contributed by atoms with Crippen LogP contribution < -0.4 is 0 Å². The second-order valence-electron chi connectivity index (χ2n) is 6.25. The lowest BCUT2D eigenvalue weighted by Gasteiger charge is -2.22. The number of hydrogen-bond acceptors (Lipinski definition) is 4. The molecule has 0 radical (unpaired) electrons. The van der Waals surface area contributed by atoms with Gasteiger partial charge in [-0.15, -0.1) is 11.3 Å². The average Bonchev–Trinajstić information content (AvgIpc) is 3.17. The molecule has 1 aromatic carbocycles. The van der Waals surface area contributed by atoms with Crippen molar-refractivity contribution < 1.29 is 4.74 Å². The zero-order valence-electron chi connectivity index (χ0n) is 13.1. The van der Waals surface area contributed by atoms with Crippen LogP contribution in [0, 0.1) is 5.92 Å². The van der Waals surface area contributed by atoms with Gasteiger partial charge in [0, 0.05) is 42.4 Å². The third kappa shape index (κ3) is 3.63. The van der Waals surface area contributed by atoms with E-state index in [1.807, 2.05) is 17.9 Å². The topological polar surface area (TPSA) is 41.1 Å². The first-order valence-electron chi connectivity index (χ1n) is 8.10. The van der Waals surface area contributed by atoms with E-state index in [9.17, 15) is 0 Å². The molecule has 0 amide bonds. The summed E-state index contributed by atoms with van der Waals surface area (Å²) < 4.78 is 5.84. The summed E-state index contributed by atoms with van der Waals surface area (Å²) in [6.07, 6.45) is 5.05. The number of H-pyrrole nitrogens is 1. The highest BCUT2D eigenvalue weighted by molar-refractivity contribution is 7.09. The lowest BCUT2D eigenvalue weighted by Crippen LogP contribution is -2.30. The molecule has 1 aliphatic rings. The van der Waals surface area contributed by atoms with Crippen LogP contribution in [0.1, 0.15) is 10.4 Å². The van der Waals surface area contributed by atoms with Crippen molar-refractivity contribution in [3.8, 4) is 0 Å². The highest BCUT2D eigenvalue weighted by Gasteiger charge is 2.19. The van der Waals surface area contributed by atoms with Crippen LogP contribution in [0.5, 0.6) is 0 Å². The second-order valence-corrected chi connectivity index (χ2v) is 7.22. The zero-order chi connectivity index (χ0) is 15.5. The van der Waals surface area contributed by atoms with E-state index in [2.05, 4.69) is 39.1 Å². The Balaban J connectivity index is 1.44. The Bertz CT molecular complexity index is 753. The van der Waals surface area contributed by atoms with Gasteiger partial charge in [0.05, 0.1) is 18.7 Å². The Morgan fingerprint density at radius 2 is 2.35 bits per heavy atom. The fourth-order valence-electron chi connectivity index (χ4n) is 3.32. The predicted molar refractivity (Wildman–Crippen MR) is 93.7 cm³/mol. The standard InChI is InChI=1S/C18H21N3OS/c1-2-18-16(3-4-20-18)8-14(1)7-15-10-21(5-6-22-12-15)11-17-9-19-13-23-17/h1-4,8-9,13,15,20H,5-7,10-12H2. The molecule has 1 atom stereocenters. The molecule has 0 aliphatic carbocycles.